The van der Waals surface area contributed by atoms with Crippen LogP contribution in [0, 0.1) is 5.92 Å². The second-order valence-electron chi connectivity index (χ2n) is 7.16. The first-order chi connectivity index (χ1) is 10.1. The molecule has 2 aliphatic heterocycles. The molecule has 1 aliphatic carbocycles. The normalized spacial score (nSPS) is 28.7. The molecule has 5 nitrogen and oxygen atoms in total. The molecule has 3 aliphatic rings. The zero-order valence-electron chi connectivity index (χ0n) is 13.3. The minimum atomic E-state index is -0.135. The van der Waals surface area contributed by atoms with Crippen LogP contribution in [0.5, 0.6) is 0 Å². The Balaban J connectivity index is 1.44. The first-order valence-electron chi connectivity index (χ1n) is 8.30. The van der Waals surface area contributed by atoms with E-state index in [1.54, 1.807) is 19.0 Å². The van der Waals surface area contributed by atoms with E-state index in [9.17, 15) is 4.79 Å². The Bertz CT molecular complexity index is 374. The molecule has 0 aromatic rings. The van der Waals surface area contributed by atoms with Gasteiger partial charge in [-0.1, -0.05) is 12.8 Å². The van der Waals surface area contributed by atoms with Crippen molar-refractivity contribution in [3.63, 3.8) is 0 Å². The maximum absolute atomic E-state index is 11.9. The molecule has 0 radical (unpaired) electrons. The van der Waals surface area contributed by atoms with Crippen molar-refractivity contribution in [1.29, 1.82) is 0 Å². The lowest BCUT2D eigenvalue weighted by Gasteiger charge is -2.53. The predicted molar refractivity (Wildman–Crippen MR) is 80.3 cm³/mol. The average Bonchev–Trinajstić information content (AvgIpc) is 2.95. The van der Waals surface area contributed by atoms with Crippen molar-refractivity contribution in [2.24, 2.45) is 5.92 Å². The van der Waals surface area contributed by atoms with Crippen molar-refractivity contribution in [2.45, 2.75) is 50.2 Å². The Hall–Kier alpha value is -0.810. The lowest BCUT2D eigenvalue weighted by Crippen LogP contribution is -2.68. The third kappa shape index (κ3) is 3.34. The van der Waals surface area contributed by atoms with Gasteiger partial charge in [0.25, 0.3) is 0 Å². The number of ether oxygens (including phenoxy) is 2. The number of nitrogens with zero attached hydrogens (tertiary/aromatic N) is 2. The SMILES string of the molecule is CN(C)C(=O)N1CC2(C[C@H](OCC3CCCC3)CCO2)C1. The number of hydrogen-bond donors (Lipinski definition) is 0. The number of hydrogen-bond acceptors (Lipinski definition) is 3. The Morgan fingerprint density at radius 3 is 2.67 bits per heavy atom. The number of urea groups is 1. The maximum Gasteiger partial charge on any atom is 0.319 e. The van der Waals surface area contributed by atoms with Gasteiger partial charge in [0.1, 0.15) is 5.60 Å². The minimum absolute atomic E-state index is 0.0817. The van der Waals surface area contributed by atoms with Gasteiger partial charge in [0.15, 0.2) is 0 Å². The molecule has 0 N–H and O–H groups in total. The fraction of sp³-hybridized carbons (Fsp3) is 0.938. The molecule has 0 aromatic carbocycles. The summed E-state index contributed by atoms with van der Waals surface area (Å²) in [6, 6.07) is 0.0817. The van der Waals surface area contributed by atoms with Crippen LogP contribution in [0.2, 0.25) is 0 Å². The van der Waals surface area contributed by atoms with Crippen molar-refractivity contribution < 1.29 is 14.3 Å². The fourth-order valence-electron chi connectivity index (χ4n) is 3.86. The molecule has 1 saturated carbocycles. The summed E-state index contributed by atoms with van der Waals surface area (Å²) in [4.78, 5) is 15.4. The second kappa shape index (κ2) is 6.13. The summed E-state index contributed by atoms with van der Waals surface area (Å²) >= 11 is 0. The molecule has 120 valence electrons. The van der Waals surface area contributed by atoms with E-state index >= 15 is 0 Å². The molecule has 5 heteroatoms. The molecule has 21 heavy (non-hydrogen) atoms. The summed E-state index contributed by atoms with van der Waals surface area (Å²) in [5, 5.41) is 0. The topological polar surface area (TPSA) is 42.0 Å². The molecule has 3 rings (SSSR count). The zero-order chi connectivity index (χ0) is 14.9. The van der Waals surface area contributed by atoms with Gasteiger partial charge in [-0.2, -0.15) is 0 Å². The predicted octanol–water partition coefficient (Wildman–Crippen LogP) is 2.11. The Kier molecular flexibility index (Phi) is 4.41. The van der Waals surface area contributed by atoms with Gasteiger partial charge >= 0.3 is 6.03 Å². The summed E-state index contributed by atoms with van der Waals surface area (Å²) in [6.07, 6.45) is 7.66. The van der Waals surface area contributed by atoms with Crippen LogP contribution in [-0.4, -0.2) is 67.9 Å². The molecule has 2 amide bonds. The summed E-state index contributed by atoms with van der Waals surface area (Å²) in [5.74, 6) is 0.775. The lowest BCUT2D eigenvalue weighted by atomic mass is 9.85. The van der Waals surface area contributed by atoms with Gasteiger partial charge in [0, 0.05) is 33.7 Å². The van der Waals surface area contributed by atoms with Gasteiger partial charge < -0.3 is 19.3 Å². The van der Waals surface area contributed by atoms with Crippen molar-refractivity contribution in [3.8, 4) is 0 Å². The van der Waals surface area contributed by atoms with Crippen LogP contribution in [0.25, 0.3) is 0 Å². The van der Waals surface area contributed by atoms with E-state index in [1.807, 2.05) is 4.90 Å². The van der Waals surface area contributed by atoms with Crippen molar-refractivity contribution >= 4 is 6.03 Å². The molecule has 0 bridgehead atoms. The lowest BCUT2D eigenvalue weighted by molar-refractivity contribution is -0.188. The van der Waals surface area contributed by atoms with Crippen LogP contribution >= 0.6 is 0 Å². The highest BCUT2D eigenvalue weighted by Crippen LogP contribution is 2.36. The van der Waals surface area contributed by atoms with E-state index in [0.29, 0.717) is 19.2 Å². The smallest absolute Gasteiger partial charge is 0.319 e. The molecule has 0 unspecified atom stereocenters. The van der Waals surface area contributed by atoms with Gasteiger partial charge in [-0.25, -0.2) is 4.79 Å². The molecule has 1 atom stereocenters. The second-order valence-corrected chi connectivity index (χ2v) is 7.16. The summed E-state index contributed by atoms with van der Waals surface area (Å²) in [5.41, 5.74) is -0.135. The molecular formula is C16H28N2O3. The third-order valence-electron chi connectivity index (χ3n) is 5.10. The number of likely N-dealkylation sites (tertiary alicyclic amines) is 1. The van der Waals surface area contributed by atoms with Gasteiger partial charge in [-0.3, -0.25) is 0 Å². The third-order valence-corrected chi connectivity index (χ3v) is 5.10. The molecule has 3 fully saturated rings. The zero-order valence-corrected chi connectivity index (χ0v) is 13.3. The van der Waals surface area contributed by atoms with Gasteiger partial charge in [0.05, 0.1) is 19.2 Å². The van der Waals surface area contributed by atoms with Crippen LogP contribution in [0.15, 0.2) is 0 Å². The molecule has 1 spiro atoms. The first kappa shape index (κ1) is 15.1. The molecular weight excluding hydrogens is 268 g/mol. The van der Waals surface area contributed by atoms with E-state index in [2.05, 4.69) is 0 Å². The van der Waals surface area contributed by atoms with Crippen molar-refractivity contribution in [3.05, 3.63) is 0 Å². The molecule has 2 saturated heterocycles. The van der Waals surface area contributed by atoms with E-state index < -0.39 is 0 Å². The van der Waals surface area contributed by atoms with Gasteiger partial charge in [-0.15, -0.1) is 0 Å². The standard InChI is InChI=1S/C16H28N2O3/c1-17(2)15(19)18-11-16(12-18)9-14(7-8-21-16)20-10-13-5-3-4-6-13/h13-14H,3-12H2,1-2H3/t14-/m1/s1. The van der Waals surface area contributed by atoms with Crippen LogP contribution < -0.4 is 0 Å². The number of carbonyl (C=O) groups is 1. The Labute approximate surface area is 127 Å². The van der Waals surface area contributed by atoms with E-state index in [1.165, 1.54) is 25.7 Å². The summed E-state index contributed by atoms with van der Waals surface area (Å²) in [6.45, 7) is 3.11. The monoisotopic (exact) mass is 296 g/mol. The van der Waals surface area contributed by atoms with Gasteiger partial charge in [-0.05, 0) is 25.2 Å². The highest BCUT2D eigenvalue weighted by atomic mass is 16.5. The quantitative estimate of drug-likeness (QED) is 0.801. The summed E-state index contributed by atoms with van der Waals surface area (Å²) < 4.78 is 12.1. The summed E-state index contributed by atoms with van der Waals surface area (Å²) in [7, 11) is 3.59. The number of rotatable bonds is 3. The van der Waals surface area contributed by atoms with Crippen LogP contribution in [0.4, 0.5) is 4.79 Å². The van der Waals surface area contributed by atoms with Gasteiger partial charge in [0.2, 0.25) is 0 Å². The Morgan fingerprint density at radius 2 is 2.00 bits per heavy atom. The molecule has 2 heterocycles. The highest BCUT2D eigenvalue weighted by Gasteiger charge is 2.50. The number of carbonyl (C=O) groups excluding carboxylic acids is 1. The first-order valence-corrected chi connectivity index (χ1v) is 8.30. The van der Waals surface area contributed by atoms with Crippen molar-refractivity contribution in [2.75, 3.05) is 40.4 Å². The van der Waals surface area contributed by atoms with Crippen molar-refractivity contribution in [1.82, 2.24) is 9.80 Å². The Morgan fingerprint density at radius 1 is 1.29 bits per heavy atom. The van der Waals surface area contributed by atoms with Crippen LogP contribution in [0.1, 0.15) is 38.5 Å². The van der Waals surface area contributed by atoms with Crippen LogP contribution in [-0.2, 0) is 9.47 Å². The largest absolute Gasteiger partial charge is 0.378 e. The van der Waals surface area contributed by atoms with Crippen LogP contribution in [0.3, 0.4) is 0 Å². The highest BCUT2D eigenvalue weighted by molar-refractivity contribution is 5.75. The van der Waals surface area contributed by atoms with E-state index in [-0.39, 0.29) is 11.6 Å². The van der Waals surface area contributed by atoms with E-state index in [4.69, 9.17) is 9.47 Å². The average molecular weight is 296 g/mol. The number of amides is 2. The van der Waals surface area contributed by atoms with E-state index in [0.717, 1.165) is 32.0 Å². The minimum Gasteiger partial charge on any atom is -0.378 e. The fourth-order valence-corrected chi connectivity index (χ4v) is 3.86. The molecule has 0 aromatic heterocycles. The maximum atomic E-state index is 11.9.